The Balaban J connectivity index is 2.04. The minimum atomic E-state index is -0.0112. The Hall–Kier alpha value is -1.16. The second-order valence-electron chi connectivity index (χ2n) is 3.31. The van der Waals surface area contributed by atoms with E-state index in [1.807, 2.05) is 0 Å². The zero-order valence-corrected chi connectivity index (χ0v) is 7.44. The van der Waals surface area contributed by atoms with Gasteiger partial charge in [-0.15, -0.1) is 0 Å². The summed E-state index contributed by atoms with van der Waals surface area (Å²) in [5.74, 6) is 0.109. The van der Waals surface area contributed by atoms with Gasteiger partial charge in [0.25, 0.3) is 0 Å². The van der Waals surface area contributed by atoms with E-state index in [9.17, 15) is 4.79 Å². The lowest BCUT2D eigenvalue weighted by molar-refractivity contribution is 0.0842. The van der Waals surface area contributed by atoms with Crippen LogP contribution in [0.3, 0.4) is 0 Å². The van der Waals surface area contributed by atoms with Crippen LogP contribution in [-0.2, 0) is 0 Å². The van der Waals surface area contributed by atoms with Gasteiger partial charge in [-0.2, -0.15) is 0 Å². The quantitative estimate of drug-likeness (QED) is 0.689. The van der Waals surface area contributed by atoms with Gasteiger partial charge in [0.1, 0.15) is 6.33 Å². The number of hydrogen-bond acceptors (Lipinski definition) is 3. The van der Waals surface area contributed by atoms with Crippen molar-refractivity contribution in [3.05, 3.63) is 18.7 Å². The van der Waals surface area contributed by atoms with Gasteiger partial charge in [-0.1, -0.05) is 6.42 Å². The zero-order valence-electron chi connectivity index (χ0n) is 7.44. The third-order valence-corrected chi connectivity index (χ3v) is 2.37. The van der Waals surface area contributed by atoms with Crippen molar-refractivity contribution in [3.8, 4) is 0 Å². The lowest BCUT2D eigenvalue weighted by atomic mass is 10.0. The first-order valence-electron chi connectivity index (χ1n) is 4.63. The fourth-order valence-corrected chi connectivity index (χ4v) is 1.63. The maximum absolute atomic E-state index is 11.7. The number of nitrogens with one attached hydrogen (secondary N) is 1. The summed E-state index contributed by atoms with van der Waals surface area (Å²) < 4.78 is 1.54. The first-order chi connectivity index (χ1) is 6.38. The Kier molecular flexibility index (Phi) is 2.40. The van der Waals surface area contributed by atoms with Gasteiger partial charge < -0.3 is 5.32 Å². The van der Waals surface area contributed by atoms with Crippen LogP contribution in [0.15, 0.2) is 18.7 Å². The Morgan fingerprint density at radius 3 is 3.08 bits per heavy atom. The number of rotatable bonds is 1. The van der Waals surface area contributed by atoms with E-state index < -0.39 is 0 Å². The van der Waals surface area contributed by atoms with Crippen LogP contribution in [0.25, 0.3) is 0 Å². The molecule has 4 heteroatoms. The lowest BCUT2D eigenvalue weighted by Crippen LogP contribution is -2.42. The van der Waals surface area contributed by atoms with Crippen LogP contribution in [0, 0.1) is 0 Å². The number of hydrogen-bond donors (Lipinski definition) is 1. The first-order valence-corrected chi connectivity index (χ1v) is 4.63. The number of carbonyl (C=O) groups excluding carboxylic acids is 1. The molecule has 1 unspecified atom stereocenters. The molecule has 2 heterocycles. The van der Waals surface area contributed by atoms with Crippen LogP contribution in [0.2, 0.25) is 0 Å². The fourth-order valence-electron chi connectivity index (χ4n) is 1.63. The predicted octanol–water partition coefficient (Wildman–Crippen LogP) is 0.665. The minimum absolute atomic E-state index is 0.0112. The van der Waals surface area contributed by atoms with Crippen LogP contribution in [0.4, 0.5) is 0 Å². The van der Waals surface area contributed by atoms with E-state index >= 15 is 0 Å². The monoisotopic (exact) mass is 179 g/mol. The van der Waals surface area contributed by atoms with Crippen molar-refractivity contribution in [2.75, 3.05) is 6.54 Å². The van der Waals surface area contributed by atoms with Crippen molar-refractivity contribution in [1.82, 2.24) is 14.9 Å². The second kappa shape index (κ2) is 3.70. The van der Waals surface area contributed by atoms with Crippen molar-refractivity contribution in [2.24, 2.45) is 0 Å². The topological polar surface area (TPSA) is 46.9 Å². The molecule has 1 fully saturated rings. The Labute approximate surface area is 77.0 Å². The van der Waals surface area contributed by atoms with E-state index in [2.05, 4.69) is 10.3 Å². The highest BCUT2D eigenvalue weighted by Gasteiger charge is 2.21. The van der Waals surface area contributed by atoms with Gasteiger partial charge in [0.15, 0.2) is 0 Å². The summed E-state index contributed by atoms with van der Waals surface area (Å²) >= 11 is 0. The molecule has 13 heavy (non-hydrogen) atoms. The maximum Gasteiger partial charge on any atom is 0.248 e. The summed E-state index contributed by atoms with van der Waals surface area (Å²) in [5, 5.41) is 3.21. The molecule has 70 valence electrons. The van der Waals surface area contributed by atoms with Crippen molar-refractivity contribution in [2.45, 2.75) is 25.3 Å². The molecule has 0 aromatic carbocycles. The zero-order chi connectivity index (χ0) is 9.10. The summed E-state index contributed by atoms with van der Waals surface area (Å²) in [6.45, 7) is 0.950. The standard InChI is InChI=1S/C9H13N3O/c13-9(12-6-5-10-7-12)8-3-1-2-4-11-8/h5-8,11H,1-4H2. The SMILES string of the molecule is O=C(C1CCCCN1)n1ccnc1. The molecule has 0 bridgehead atoms. The van der Waals surface area contributed by atoms with Crippen LogP contribution >= 0.6 is 0 Å². The van der Waals surface area contributed by atoms with Crippen LogP contribution in [0.1, 0.15) is 24.1 Å². The summed E-state index contributed by atoms with van der Waals surface area (Å²) in [5.41, 5.74) is 0. The normalized spacial score (nSPS) is 22.9. The van der Waals surface area contributed by atoms with Crippen molar-refractivity contribution in [3.63, 3.8) is 0 Å². The fraction of sp³-hybridized carbons (Fsp3) is 0.556. The molecule has 1 atom stereocenters. The van der Waals surface area contributed by atoms with Gasteiger partial charge in [-0.3, -0.25) is 9.36 Å². The molecule has 0 saturated carbocycles. The summed E-state index contributed by atoms with van der Waals surface area (Å²) in [6.07, 6.45) is 8.13. The van der Waals surface area contributed by atoms with Crippen molar-refractivity contribution in [1.29, 1.82) is 0 Å². The highest BCUT2D eigenvalue weighted by Crippen LogP contribution is 2.08. The number of aromatic nitrogens is 2. The molecule has 1 aromatic rings. The molecule has 0 radical (unpaired) electrons. The second-order valence-corrected chi connectivity index (χ2v) is 3.31. The number of nitrogens with zero attached hydrogens (tertiary/aromatic N) is 2. The molecule has 1 aliphatic rings. The molecule has 0 aliphatic carbocycles. The van der Waals surface area contributed by atoms with Gasteiger partial charge in [-0.25, -0.2) is 4.98 Å². The van der Waals surface area contributed by atoms with Crippen LogP contribution in [-0.4, -0.2) is 28.0 Å². The molecule has 1 N–H and O–H groups in total. The Morgan fingerprint density at radius 1 is 1.54 bits per heavy atom. The van der Waals surface area contributed by atoms with Gasteiger partial charge in [0.2, 0.25) is 5.91 Å². The van der Waals surface area contributed by atoms with Crippen molar-refractivity contribution < 1.29 is 4.79 Å². The summed E-state index contributed by atoms with van der Waals surface area (Å²) in [7, 11) is 0. The third kappa shape index (κ3) is 1.78. The van der Waals surface area contributed by atoms with Gasteiger partial charge >= 0.3 is 0 Å². The molecule has 1 saturated heterocycles. The number of carbonyl (C=O) groups is 1. The smallest absolute Gasteiger partial charge is 0.248 e. The van der Waals surface area contributed by atoms with Crippen molar-refractivity contribution >= 4 is 5.91 Å². The minimum Gasteiger partial charge on any atom is -0.306 e. The molecule has 4 nitrogen and oxygen atoms in total. The van der Waals surface area contributed by atoms with E-state index in [1.165, 1.54) is 6.42 Å². The molecule has 1 aromatic heterocycles. The van der Waals surface area contributed by atoms with E-state index in [0.717, 1.165) is 19.4 Å². The first kappa shape index (κ1) is 8.44. The molecule has 0 amide bonds. The van der Waals surface area contributed by atoms with E-state index in [-0.39, 0.29) is 11.9 Å². The van der Waals surface area contributed by atoms with Crippen LogP contribution in [0.5, 0.6) is 0 Å². The summed E-state index contributed by atoms with van der Waals surface area (Å²) in [6, 6.07) is -0.0112. The van der Waals surface area contributed by atoms with Crippen LogP contribution < -0.4 is 5.32 Å². The van der Waals surface area contributed by atoms with E-state index in [4.69, 9.17) is 0 Å². The van der Waals surface area contributed by atoms with Gasteiger partial charge in [-0.05, 0) is 19.4 Å². The van der Waals surface area contributed by atoms with E-state index in [0.29, 0.717) is 0 Å². The van der Waals surface area contributed by atoms with Gasteiger partial charge in [0, 0.05) is 12.4 Å². The highest BCUT2D eigenvalue weighted by molar-refractivity contribution is 5.84. The predicted molar refractivity (Wildman–Crippen MR) is 48.5 cm³/mol. The summed E-state index contributed by atoms with van der Waals surface area (Å²) in [4.78, 5) is 15.6. The average molecular weight is 179 g/mol. The molecule has 1 aliphatic heterocycles. The average Bonchev–Trinajstić information content (AvgIpc) is 2.71. The molecular formula is C9H13N3O. The largest absolute Gasteiger partial charge is 0.306 e. The number of piperidine rings is 1. The molecule has 2 rings (SSSR count). The molecular weight excluding hydrogens is 166 g/mol. The lowest BCUT2D eigenvalue weighted by Gasteiger charge is -2.21. The number of imidazole rings is 1. The third-order valence-electron chi connectivity index (χ3n) is 2.37. The van der Waals surface area contributed by atoms with Gasteiger partial charge in [0.05, 0.1) is 6.04 Å². The molecule has 0 spiro atoms. The maximum atomic E-state index is 11.7. The Bertz CT molecular complexity index is 275. The van der Waals surface area contributed by atoms with E-state index in [1.54, 1.807) is 23.3 Å². The highest BCUT2D eigenvalue weighted by atomic mass is 16.2. The Morgan fingerprint density at radius 2 is 2.46 bits per heavy atom.